The monoisotopic (exact) mass is 276 g/mol. The summed E-state index contributed by atoms with van der Waals surface area (Å²) in [4.78, 5) is 14.3. The van der Waals surface area contributed by atoms with Gasteiger partial charge in [-0.2, -0.15) is 0 Å². The molecular weight excluding hydrogens is 252 g/mol. The molecule has 1 amide bonds. The van der Waals surface area contributed by atoms with Gasteiger partial charge in [-0.25, -0.2) is 0 Å². The molecule has 4 heteroatoms. The SMILES string of the molecule is COc1cccc(C2C(N)CCC(=O)N2C(C)(C)C)c1. The fourth-order valence-corrected chi connectivity index (χ4v) is 2.93. The van der Waals surface area contributed by atoms with E-state index in [1.807, 2.05) is 29.2 Å². The molecule has 1 aliphatic heterocycles. The van der Waals surface area contributed by atoms with Crippen molar-refractivity contribution in [1.82, 2.24) is 4.90 Å². The van der Waals surface area contributed by atoms with E-state index in [-0.39, 0.29) is 23.5 Å². The highest BCUT2D eigenvalue weighted by molar-refractivity contribution is 5.78. The average Bonchev–Trinajstić information content (AvgIpc) is 2.39. The number of methoxy groups -OCH3 is 1. The van der Waals surface area contributed by atoms with Crippen molar-refractivity contribution in [2.24, 2.45) is 5.73 Å². The molecule has 2 unspecified atom stereocenters. The largest absolute Gasteiger partial charge is 0.497 e. The van der Waals surface area contributed by atoms with Crippen LogP contribution in [0.4, 0.5) is 0 Å². The van der Waals surface area contributed by atoms with E-state index in [2.05, 4.69) is 20.8 Å². The van der Waals surface area contributed by atoms with Gasteiger partial charge < -0.3 is 15.4 Å². The van der Waals surface area contributed by atoms with Crippen molar-refractivity contribution >= 4 is 5.91 Å². The minimum atomic E-state index is -0.247. The highest BCUT2D eigenvalue weighted by Gasteiger charge is 2.40. The number of carbonyl (C=O) groups excluding carboxylic acids is 1. The second kappa shape index (κ2) is 5.44. The van der Waals surface area contributed by atoms with Crippen LogP contribution in [0, 0.1) is 0 Å². The van der Waals surface area contributed by atoms with Gasteiger partial charge in [0.2, 0.25) is 5.91 Å². The quantitative estimate of drug-likeness (QED) is 0.903. The number of amides is 1. The normalized spacial score (nSPS) is 23.9. The third kappa shape index (κ3) is 2.80. The third-order valence-electron chi connectivity index (χ3n) is 3.80. The molecule has 0 aromatic heterocycles. The number of likely N-dealkylation sites (tertiary alicyclic amines) is 1. The average molecular weight is 276 g/mol. The molecule has 0 bridgehead atoms. The van der Waals surface area contributed by atoms with E-state index in [0.29, 0.717) is 6.42 Å². The Bertz CT molecular complexity index is 493. The van der Waals surface area contributed by atoms with E-state index in [0.717, 1.165) is 17.7 Å². The number of piperidine rings is 1. The first kappa shape index (κ1) is 14.9. The minimum Gasteiger partial charge on any atom is -0.497 e. The van der Waals surface area contributed by atoms with E-state index in [4.69, 9.17) is 10.5 Å². The number of hydrogen-bond acceptors (Lipinski definition) is 3. The van der Waals surface area contributed by atoms with E-state index in [1.54, 1.807) is 7.11 Å². The predicted octanol–water partition coefficient (Wildman–Crippen LogP) is 2.48. The second-order valence-electron chi connectivity index (χ2n) is 6.36. The summed E-state index contributed by atoms with van der Waals surface area (Å²) in [7, 11) is 1.65. The number of carbonyl (C=O) groups is 1. The molecule has 20 heavy (non-hydrogen) atoms. The summed E-state index contributed by atoms with van der Waals surface area (Å²) in [6, 6.07) is 7.71. The zero-order chi connectivity index (χ0) is 14.9. The first-order valence-corrected chi connectivity index (χ1v) is 7.06. The van der Waals surface area contributed by atoms with Gasteiger partial charge in [0.05, 0.1) is 13.2 Å². The smallest absolute Gasteiger partial charge is 0.223 e. The number of rotatable bonds is 2. The predicted molar refractivity (Wildman–Crippen MR) is 79.5 cm³/mol. The maximum absolute atomic E-state index is 12.4. The van der Waals surface area contributed by atoms with Crippen LogP contribution in [-0.4, -0.2) is 29.5 Å². The van der Waals surface area contributed by atoms with Gasteiger partial charge in [-0.1, -0.05) is 12.1 Å². The summed E-state index contributed by atoms with van der Waals surface area (Å²) in [6.07, 6.45) is 1.26. The van der Waals surface area contributed by atoms with Crippen molar-refractivity contribution in [3.05, 3.63) is 29.8 Å². The molecule has 2 rings (SSSR count). The van der Waals surface area contributed by atoms with E-state index in [9.17, 15) is 4.79 Å². The topological polar surface area (TPSA) is 55.6 Å². The van der Waals surface area contributed by atoms with Gasteiger partial charge in [-0.15, -0.1) is 0 Å². The van der Waals surface area contributed by atoms with Gasteiger partial charge in [0.15, 0.2) is 0 Å². The lowest BCUT2D eigenvalue weighted by Crippen LogP contribution is -2.56. The molecule has 2 N–H and O–H groups in total. The van der Waals surface area contributed by atoms with Crippen LogP contribution in [0.15, 0.2) is 24.3 Å². The summed E-state index contributed by atoms with van der Waals surface area (Å²) in [5, 5.41) is 0. The Hall–Kier alpha value is -1.55. The van der Waals surface area contributed by atoms with E-state index < -0.39 is 0 Å². The van der Waals surface area contributed by atoms with Crippen molar-refractivity contribution in [2.45, 2.75) is 51.2 Å². The lowest BCUT2D eigenvalue weighted by Gasteiger charge is -2.47. The van der Waals surface area contributed by atoms with Crippen LogP contribution in [0.3, 0.4) is 0 Å². The number of benzene rings is 1. The third-order valence-corrected chi connectivity index (χ3v) is 3.80. The number of hydrogen-bond donors (Lipinski definition) is 1. The molecule has 1 saturated heterocycles. The van der Waals surface area contributed by atoms with Crippen LogP contribution in [0.5, 0.6) is 5.75 Å². The Morgan fingerprint density at radius 2 is 2.05 bits per heavy atom. The maximum atomic E-state index is 12.4. The summed E-state index contributed by atoms with van der Waals surface area (Å²) in [6.45, 7) is 6.16. The van der Waals surface area contributed by atoms with E-state index in [1.165, 1.54) is 0 Å². The minimum absolute atomic E-state index is 0.0426. The first-order chi connectivity index (χ1) is 9.34. The molecule has 0 aliphatic carbocycles. The fourth-order valence-electron chi connectivity index (χ4n) is 2.93. The van der Waals surface area contributed by atoms with Crippen molar-refractivity contribution < 1.29 is 9.53 Å². The van der Waals surface area contributed by atoms with Gasteiger partial charge in [0.25, 0.3) is 0 Å². The van der Waals surface area contributed by atoms with Crippen LogP contribution in [-0.2, 0) is 4.79 Å². The summed E-state index contributed by atoms with van der Waals surface area (Å²) >= 11 is 0. The highest BCUT2D eigenvalue weighted by Crippen LogP contribution is 2.37. The molecule has 110 valence electrons. The Morgan fingerprint density at radius 3 is 2.65 bits per heavy atom. The van der Waals surface area contributed by atoms with Gasteiger partial charge >= 0.3 is 0 Å². The Balaban J connectivity index is 2.44. The Morgan fingerprint density at radius 1 is 1.35 bits per heavy atom. The summed E-state index contributed by atoms with van der Waals surface area (Å²) in [5.74, 6) is 0.966. The number of nitrogens with zero attached hydrogens (tertiary/aromatic N) is 1. The molecule has 1 fully saturated rings. The molecule has 1 aromatic carbocycles. The van der Waals surface area contributed by atoms with Crippen molar-refractivity contribution in [2.75, 3.05) is 7.11 Å². The molecule has 1 aliphatic rings. The zero-order valence-corrected chi connectivity index (χ0v) is 12.7. The summed E-state index contributed by atoms with van der Waals surface area (Å²) in [5.41, 5.74) is 7.11. The van der Waals surface area contributed by atoms with E-state index >= 15 is 0 Å². The molecule has 2 atom stereocenters. The summed E-state index contributed by atoms with van der Waals surface area (Å²) < 4.78 is 5.28. The van der Waals surface area contributed by atoms with Gasteiger partial charge in [0.1, 0.15) is 5.75 Å². The van der Waals surface area contributed by atoms with Crippen LogP contribution in [0.25, 0.3) is 0 Å². The fraction of sp³-hybridized carbons (Fsp3) is 0.562. The first-order valence-electron chi connectivity index (χ1n) is 7.06. The molecule has 0 saturated carbocycles. The Labute approximate surface area is 120 Å². The molecule has 4 nitrogen and oxygen atoms in total. The van der Waals surface area contributed by atoms with Crippen molar-refractivity contribution in [3.63, 3.8) is 0 Å². The molecule has 0 spiro atoms. The second-order valence-corrected chi connectivity index (χ2v) is 6.36. The lowest BCUT2D eigenvalue weighted by molar-refractivity contribution is -0.144. The van der Waals surface area contributed by atoms with Crippen LogP contribution < -0.4 is 10.5 Å². The van der Waals surface area contributed by atoms with Gasteiger partial charge in [-0.05, 0) is 44.9 Å². The van der Waals surface area contributed by atoms with Crippen LogP contribution in [0.2, 0.25) is 0 Å². The van der Waals surface area contributed by atoms with Crippen LogP contribution >= 0.6 is 0 Å². The van der Waals surface area contributed by atoms with Crippen molar-refractivity contribution in [3.8, 4) is 5.75 Å². The molecule has 0 radical (unpaired) electrons. The zero-order valence-electron chi connectivity index (χ0n) is 12.7. The standard InChI is InChI=1S/C16H24N2O2/c1-16(2,3)18-14(19)9-8-13(17)15(18)11-6-5-7-12(10-11)20-4/h5-7,10,13,15H,8-9,17H2,1-4H3. The lowest BCUT2D eigenvalue weighted by atomic mass is 9.86. The molecule has 1 heterocycles. The van der Waals surface area contributed by atoms with Gasteiger partial charge in [0, 0.05) is 18.0 Å². The van der Waals surface area contributed by atoms with Crippen molar-refractivity contribution in [1.29, 1.82) is 0 Å². The number of ether oxygens (including phenoxy) is 1. The van der Waals surface area contributed by atoms with Crippen LogP contribution in [0.1, 0.15) is 45.2 Å². The molecular formula is C16H24N2O2. The highest BCUT2D eigenvalue weighted by atomic mass is 16.5. The number of nitrogens with two attached hydrogens (primary N) is 1. The maximum Gasteiger partial charge on any atom is 0.223 e. The Kier molecular flexibility index (Phi) is 4.04. The van der Waals surface area contributed by atoms with Gasteiger partial charge in [-0.3, -0.25) is 4.79 Å². The molecule has 1 aromatic rings.